The third kappa shape index (κ3) is 2.35. The minimum absolute atomic E-state index is 0.610. The molecule has 0 bridgehead atoms. The molecule has 1 fully saturated rings. The number of hydrogen-bond donors (Lipinski definition) is 2. The highest BCUT2D eigenvalue weighted by atomic mass is 14.9. The van der Waals surface area contributed by atoms with Crippen LogP contribution in [0.15, 0.2) is 18.2 Å². The minimum Gasteiger partial charge on any atom is -0.399 e. The van der Waals surface area contributed by atoms with E-state index in [1.807, 2.05) is 18.2 Å². The lowest BCUT2D eigenvalue weighted by atomic mass is 9.91. The summed E-state index contributed by atoms with van der Waals surface area (Å²) in [4.78, 5) is 8.20. The Morgan fingerprint density at radius 2 is 1.78 bits per heavy atom. The van der Waals surface area contributed by atoms with Crippen molar-refractivity contribution in [2.75, 3.05) is 5.73 Å². The third-order valence-corrected chi connectivity index (χ3v) is 4.02. The zero-order valence-corrected chi connectivity index (χ0v) is 10.8. The molecule has 0 atom stereocenters. The Morgan fingerprint density at radius 1 is 1.06 bits per heavy atom. The molecule has 1 aromatic heterocycles. The Balaban J connectivity index is 1.87. The number of aromatic amines is 1. The molecule has 1 aliphatic carbocycles. The SMILES string of the molecule is Nc1ccc2nc(C3CCCCCCC3)[nH]c2c1. The van der Waals surface area contributed by atoms with Crippen LogP contribution in [0.5, 0.6) is 0 Å². The molecule has 0 saturated heterocycles. The Morgan fingerprint density at radius 3 is 2.56 bits per heavy atom. The van der Waals surface area contributed by atoms with Crippen molar-refractivity contribution in [2.24, 2.45) is 0 Å². The number of nitrogen functional groups attached to an aromatic ring is 1. The van der Waals surface area contributed by atoms with Gasteiger partial charge in [-0.05, 0) is 31.0 Å². The number of hydrogen-bond acceptors (Lipinski definition) is 2. The van der Waals surface area contributed by atoms with Gasteiger partial charge in [0.1, 0.15) is 5.82 Å². The quantitative estimate of drug-likeness (QED) is 0.744. The number of nitrogens with one attached hydrogen (secondary N) is 1. The maximum Gasteiger partial charge on any atom is 0.110 e. The number of anilines is 1. The summed E-state index contributed by atoms with van der Waals surface area (Å²) in [7, 11) is 0. The molecular formula is C15H21N3. The molecule has 1 aliphatic rings. The van der Waals surface area contributed by atoms with Crippen molar-refractivity contribution in [2.45, 2.75) is 50.9 Å². The van der Waals surface area contributed by atoms with Gasteiger partial charge in [0, 0.05) is 11.6 Å². The number of nitrogens with zero attached hydrogens (tertiary/aromatic N) is 1. The number of rotatable bonds is 1. The van der Waals surface area contributed by atoms with E-state index in [4.69, 9.17) is 10.7 Å². The van der Waals surface area contributed by atoms with Crippen molar-refractivity contribution in [3.8, 4) is 0 Å². The fourth-order valence-electron chi connectivity index (χ4n) is 2.97. The predicted molar refractivity (Wildman–Crippen MR) is 75.6 cm³/mol. The first-order valence-corrected chi connectivity index (χ1v) is 7.08. The van der Waals surface area contributed by atoms with E-state index in [0.29, 0.717) is 5.92 Å². The van der Waals surface area contributed by atoms with E-state index in [1.165, 1.54) is 44.9 Å². The third-order valence-electron chi connectivity index (χ3n) is 4.02. The van der Waals surface area contributed by atoms with Gasteiger partial charge < -0.3 is 10.7 Å². The number of nitrogens with two attached hydrogens (primary N) is 1. The van der Waals surface area contributed by atoms with Gasteiger partial charge >= 0.3 is 0 Å². The largest absolute Gasteiger partial charge is 0.399 e. The summed E-state index contributed by atoms with van der Waals surface area (Å²) in [6.07, 6.45) is 9.38. The second kappa shape index (κ2) is 5.01. The molecule has 0 amide bonds. The van der Waals surface area contributed by atoms with Gasteiger partial charge in [0.2, 0.25) is 0 Å². The molecule has 0 aliphatic heterocycles. The van der Waals surface area contributed by atoms with E-state index in [1.54, 1.807) is 0 Å². The first-order valence-electron chi connectivity index (χ1n) is 7.08. The zero-order valence-electron chi connectivity index (χ0n) is 10.8. The molecule has 2 aromatic rings. The van der Waals surface area contributed by atoms with Gasteiger partial charge in [-0.15, -0.1) is 0 Å². The Labute approximate surface area is 108 Å². The van der Waals surface area contributed by atoms with Crippen LogP contribution in [0.2, 0.25) is 0 Å². The molecule has 18 heavy (non-hydrogen) atoms. The van der Waals surface area contributed by atoms with Crippen molar-refractivity contribution >= 4 is 16.7 Å². The number of benzene rings is 1. The summed E-state index contributed by atoms with van der Waals surface area (Å²) in [6.45, 7) is 0. The standard InChI is InChI=1S/C15H21N3/c16-12-8-9-13-14(10-12)18-15(17-13)11-6-4-2-1-3-5-7-11/h8-11H,1-7,16H2,(H,17,18). The highest BCUT2D eigenvalue weighted by molar-refractivity contribution is 5.78. The number of H-pyrrole nitrogens is 1. The van der Waals surface area contributed by atoms with E-state index in [2.05, 4.69) is 4.98 Å². The van der Waals surface area contributed by atoms with Gasteiger partial charge in [-0.25, -0.2) is 4.98 Å². The van der Waals surface area contributed by atoms with Crippen molar-refractivity contribution in [3.05, 3.63) is 24.0 Å². The van der Waals surface area contributed by atoms with Gasteiger partial charge in [-0.1, -0.05) is 32.1 Å². The zero-order chi connectivity index (χ0) is 12.4. The van der Waals surface area contributed by atoms with Crippen LogP contribution in [0.4, 0.5) is 5.69 Å². The van der Waals surface area contributed by atoms with Gasteiger partial charge in [-0.3, -0.25) is 0 Å². The molecule has 0 radical (unpaired) electrons. The lowest BCUT2D eigenvalue weighted by Crippen LogP contribution is -2.04. The van der Waals surface area contributed by atoms with Crippen molar-refractivity contribution < 1.29 is 0 Å². The van der Waals surface area contributed by atoms with E-state index in [0.717, 1.165) is 22.5 Å². The normalized spacial score (nSPS) is 18.7. The Kier molecular flexibility index (Phi) is 3.22. The highest BCUT2D eigenvalue weighted by Gasteiger charge is 2.17. The second-order valence-corrected chi connectivity index (χ2v) is 5.44. The number of imidazole rings is 1. The van der Waals surface area contributed by atoms with Crippen molar-refractivity contribution in [3.63, 3.8) is 0 Å². The fourth-order valence-corrected chi connectivity index (χ4v) is 2.97. The summed E-state index contributed by atoms with van der Waals surface area (Å²) in [5.41, 5.74) is 8.73. The summed E-state index contributed by atoms with van der Waals surface area (Å²) in [5, 5.41) is 0. The maximum absolute atomic E-state index is 5.81. The van der Waals surface area contributed by atoms with E-state index in [9.17, 15) is 0 Å². The number of fused-ring (bicyclic) bond motifs is 1. The molecule has 3 N–H and O–H groups in total. The Bertz CT molecular complexity index is 522. The lowest BCUT2D eigenvalue weighted by molar-refractivity contribution is 0.445. The summed E-state index contributed by atoms with van der Waals surface area (Å²) < 4.78 is 0. The van der Waals surface area contributed by atoms with Crippen LogP contribution in [-0.4, -0.2) is 9.97 Å². The summed E-state index contributed by atoms with van der Waals surface area (Å²) >= 11 is 0. The average Bonchev–Trinajstić information content (AvgIpc) is 2.71. The van der Waals surface area contributed by atoms with Gasteiger partial charge in [0.15, 0.2) is 0 Å². The molecule has 1 saturated carbocycles. The molecule has 3 heteroatoms. The Hall–Kier alpha value is -1.51. The molecule has 1 heterocycles. The van der Waals surface area contributed by atoms with Crippen molar-refractivity contribution in [1.82, 2.24) is 9.97 Å². The maximum atomic E-state index is 5.81. The van der Waals surface area contributed by atoms with Crippen LogP contribution in [0.1, 0.15) is 56.7 Å². The van der Waals surface area contributed by atoms with Gasteiger partial charge in [0.05, 0.1) is 11.0 Å². The highest BCUT2D eigenvalue weighted by Crippen LogP contribution is 2.30. The average molecular weight is 243 g/mol. The van der Waals surface area contributed by atoms with Crippen LogP contribution < -0.4 is 5.73 Å². The molecule has 0 unspecified atom stereocenters. The molecular weight excluding hydrogens is 222 g/mol. The fraction of sp³-hybridized carbons (Fsp3) is 0.533. The van der Waals surface area contributed by atoms with Crippen LogP contribution >= 0.6 is 0 Å². The second-order valence-electron chi connectivity index (χ2n) is 5.44. The van der Waals surface area contributed by atoms with Gasteiger partial charge in [0.25, 0.3) is 0 Å². The number of aromatic nitrogens is 2. The van der Waals surface area contributed by atoms with Crippen LogP contribution in [0, 0.1) is 0 Å². The van der Waals surface area contributed by atoms with Crippen LogP contribution in [0.3, 0.4) is 0 Å². The topological polar surface area (TPSA) is 54.7 Å². The smallest absolute Gasteiger partial charge is 0.110 e. The lowest BCUT2D eigenvalue weighted by Gasteiger charge is -2.17. The molecule has 0 spiro atoms. The summed E-state index contributed by atoms with van der Waals surface area (Å²) in [5.74, 6) is 1.77. The predicted octanol–water partition coefficient (Wildman–Crippen LogP) is 3.97. The van der Waals surface area contributed by atoms with E-state index < -0.39 is 0 Å². The monoisotopic (exact) mass is 243 g/mol. The summed E-state index contributed by atoms with van der Waals surface area (Å²) in [6, 6.07) is 5.91. The van der Waals surface area contributed by atoms with Gasteiger partial charge in [-0.2, -0.15) is 0 Å². The molecule has 3 nitrogen and oxygen atoms in total. The van der Waals surface area contributed by atoms with Crippen molar-refractivity contribution in [1.29, 1.82) is 0 Å². The molecule has 96 valence electrons. The molecule has 3 rings (SSSR count). The van der Waals surface area contributed by atoms with E-state index >= 15 is 0 Å². The minimum atomic E-state index is 0.610. The van der Waals surface area contributed by atoms with Crippen LogP contribution in [-0.2, 0) is 0 Å². The first-order chi connectivity index (χ1) is 8.83. The van der Waals surface area contributed by atoms with Crippen LogP contribution in [0.25, 0.3) is 11.0 Å². The van der Waals surface area contributed by atoms with E-state index in [-0.39, 0.29) is 0 Å². The first kappa shape index (κ1) is 11.6. The molecule has 1 aromatic carbocycles.